The van der Waals surface area contributed by atoms with Gasteiger partial charge in [0.2, 0.25) is 8.13 Å². The molecule has 0 bridgehead atoms. The van der Waals surface area contributed by atoms with Crippen molar-refractivity contribution in [3.63, 3.8) is 0 Å². The highest BCUT2D eigenvalue weighted by atomic mass is 35.6. The topological polar surface area (TPSA) is 19.9 Å². The molecule has 0 saturated carbocycles. The van der Waals surface area contributed by atoms with Gasteiger partial charge in [-0.25, -0.2) is 5.11 Å². The summed E-state index contributed by atoms with van der Waals surface area (Å²) in [4.78, 5) is 0. The molecule has 8 heteroatoms. The highest BCUT2D eigenvalue weighted by molar-refractivity contribution is 6.78. The van der Waals surface area contributed by atoms with Crippen molar-refractivity contribution in [1.82, 2.24) is 0 Å². The summed E-state index contributed by atoms with van der Waals surface area (Å²) in [6, 6.07) is 12.3. The van der Waals surface area contributed by atoms with E-state index in [1.165, 1.54) is 0 Å². The van der Waals surface area contributed by atoms with Gasteiger partial charge < -0.3 is 0 Å². The van der Waals surface area contributed by atoms with Crippen LogP contribution in [0.1, 0.15) is 22.8 Å². The third kappa shape index (κ3) is 2.73. The number of halogens is 7. The van der Waals surface area contributed by atoms with E-state index in [2.05, 4.69) is 0 Å². The third-order valence-corrected chi connectivity index (χ3v) is 7.92. The molecule has 127 valence electrons. The predicted molar refractivity (Wildman–Crippen MR) is 103 cm³/mol. The lowest BCUT2D eigenvalue weighted by Gasteiger charge is -2.38. The van der Waals surface area contributed by atoms with Crippen molar-refractivity contribution in [2.24, 2.45) is 0 Å². The highest BCUT2D eigenvalue weighted by Gasteiger charge is 2.61. The van der Waals surface area contributed by atoms with Gasteiger partial charge in [-0.1, -0.05) is 124 Å². The summed E-state index contributed by atoms with van der Waals surface area (Å²) in [6.45, 7) is 0. The molecule has 0 N–H and O–H groups in total. The zero-order valence-electron chi connectivity index (χ0n) is 11.7. The van der Waals surface area contributed by atoms with Crippen molar-refractivity contribution in [2.45, 2.75) is 18.6 Å². The van der Waals surface area contributed by atoms with Crippen LogP contribution in [0.2, 0.25) is 0 Å². The molecule has 1 nitrogen and oxygen atoms in total. The molecule has 1 unspecified atom stereocenters. The number of rotatable bonds is 2. The lowest BCUT2D eigenvalue weighted by atomic mass is 9.96. The largest absolute Gasteiger partial charge is 0.226 e. The zero-order valence-corrected chi connectivity index (χ0v) is 17.0. The van der Waals surface area contributed by atoms with Gasteiger partial charge in [0.15, 0.2) is 4.33 Å². The van der Waals surface area contributed by atoms with Crippen molar-refractivity contribution in [3.05, 3.63) is 59.2 Å². The lowest BCUT2D eigenvalue weighted by molar-refractivity contribution is 0.127. The molecule has 0 amide bonds. The molecule has 24 heavy (non-hydrogen) atoms. The molecule has 0 saturated heterocycles. The number of benzene rings is 2. The van der Waals surface area contributed by atoms with Crippen molar-refractivity contribution in [1.29, 1.82) is 0 Å². The summed E-state index contributed by atoms with van der Waals surface area (Å²) in [7, 11) is 0. The van der Waals surface area contributed by atoms with Crippen LogP contribution in [-0.2, 0) is 9.44 Å². The van der Waals surface area contributed by atoms with Crippen LogP contribution < -0.4 is 0 Å². The van der Waals surface area contributed by atoms with Gasteiger partial charge in [0.05, 0.1) is 0 Å². The molecular weight excluding hydrogens is 456 g/mol. The molecular formula is C16H8Cl7O. The number of hydrogen-bond donors (Lipinski definition) is 0. The van der Waals surface area contributed by atoms with Crippen LogP contribution in [0.15, 0.2) is 42.5 Å². The van der Waals surface area contributed by atoms with Crippen LogP contribution in [0, 0.1) is 0 Å². The van der Waals surface area contributed by atoms with Crippen molar-refractivity contribution < 1.29 is 5.11 Å². The fourth-order valence-electron chi connectivity index (χ4n) is 2.83. The predicted octanol–water partition coefficient (Wildman–Crippen LogP) is 7.36. The van der Waals surface area contributed by atoms with Gasteiger partial charge in [0, 0.05) is 5.56 Å². The molecule has 0 heterocycles. The Hall–Kier alpha value is 0.430. The monoisotopic (exact) mass is 461 g/mol. The fourth-order valence-corrected chi connectivity index (χ4v) is 4.36. The first-order chi connectivity index (χ1) is 11.0. The molecule has 1 radical (unpaired) electrons. The van der Waals surface area contributed by atoms with E-state index in [9.17, 15) is 5.11 Å². The van der Waals surface area contributed by atoms with Gasteiger partial charge in [-0.2, -0.15) is 0 Å². The Morgan fingerprint density at radius 3 is 1.96 bits per heavy atom. The normalized spacial score (nSPS) is 17.6. The van der Waals surface area contributed by atoms with Gasteiger partial charge in [0.1, 0.15) is 6.10 Å². The van der Waals surface area contributed by atoms with Crippen molar-refractivity contribution in [3.8, 4) is 11.1 Å². The molecule has 1 aliphatic carbocycles. The van der Waals surface area contributed by atoms with Crippen LogP contribution >= 0.6 is 81.2 Å². The number of hydrogen-bond acceptors (Lipinski definition) is 0. The SMILES string of the molecule is [O]C1c2ccccc2-c2cccc(C(Cl)(Cl)C(Cl)(Cl)C(Cl)(Cl)Cl)c21. The Morgan fingerprint density at radius 2 is 1.33 bits per heavy atom. The minimum absolute atomic E-state index is 0.218. The molecule has 2 aromatic rings. The van der Waals surface area contributed by atoms with Crippen molar-refractivity contribution >= 4 is 81.2 Å². The molecule has 2 aromatic carbocycles. The minimum Gasteiger partial charge on any atom is -0.223 e. The maximum atomic E-state index is 12.9. The first-order valence-electron chi connectivity index (χ1n) is 6.71. The highest BCUT2D eigenvalue weighted by Crippen LogP contribution is 2.62. The maximum absolute atomic E-state index is 12.9. The van der Waals surface area contributed by atoms with E-state index in [-0.39, 0.29) is 5.56 Å². The van der Waals surface area contributed by atoms with Gasteiger partial charge in [0.25, 0.3) is 0 Å². The molecule has 0 spiro atoms. The number of alkyl halides is 7. The molecule has 1 atom stereocenters. The second-order valence-electron chi connectivity index (χ2n) is 5.38. The fraction of sp³-hybridized carbons (Fsp3) is 0.250. The summed E-state index contributed by atoms with van der Waals surface area (Å²) < 4.78 is -6.42. The Morgan fingerprint density at radius 1 is 0.750 bits per heavy atom. The molecule has 0 aliphatic heterocycles. The van der Waals surface area contributed by atoms with E-state index < -0.39 is 18.6 Å². The summed E-state index contributed by atoms with van der Waals surface area (Å²) in [6.07, 6.45) is -1.19. The molecule has 3 rings (SSSR count). The first kappa shape index (κ1) is 19.2. The maximum Gasteiger partial charge on any atom is 0.226 e. The molecule has 1 aliphatic rings. The van der Waals surface area contributed by atoms with Crippen LogP contribution in [0.25, 0.3) is 11.1 Å². The van der Waals surface area contributed by atoms with Gasteiger partial charge in [-0.3, -0.25) is 0 Å². The van der Waals surface area contributed by atoms with Crippen LogP contribution in [0.5, 0.6) is 0 Å². The molecule has 0 fully saturated rings. The van der Waals surface area contributed by atoms with E-state index in [0.717, 1.165) is 5.56 Å². The van der Waals surface area contributed by atoms with Gasteiger partial charge in [-0.05, 0) is 22.3 Å². The summed E-state index contributed by atoms with van der Waals surface area (Å²) in [5.41, 5.74) is 2.73. The minimum atomic E-state index is -2.20. The van der Waals surface area contributed by atoms with E-state index >= 15 is 0 Å². The van der Waals surface area contributed by atoms with E-state index in [4.69, 9.17) is 81.2 Å². The van der Waals surface area contributed by atoms with Crippen LogP contribution in [0.3, 0.4) is 0 Å². The zero-order chi connectivity index (χ0) is 17.9. The van der Waals surface area contributed by atoms with Crippen LogP contribution in [0.4, 0.5) is 0 Å². The van der Waals surface area contributed by atoms with Gasteiger partial charge >= 0.3 is 0 Å². The van der Waals surface area contributed by atoms with Crippen LogP contribution in [-0.4, -0.2) is 8.13 Å². The second-order valence-corrected chi connectivity index (χ2v) is 10.3. The quantitative estimate of drug-likeness (QED) is 0.414. The van der Waals surface area contributed by atoms with E-state index in [1.807, 2.05) is 12.1 Å². The average Bonchev–Trinajstić information content (AvgIpc) is 2.80. The Balaban J connectivity index is 2.24. The van der Waals surface area contributed by atoms with Crippen molar-refractivity contribution in [2.75, 3.05) is 0 Å². The average molecular weight is 464 g/mol. The Labute approximate surface area is 174 Å². The lowest BCUT2D eigenvalue weighted by Crippen LogP contribution is -2.45. The summed E-state index contributed by atoms with van der Waals surface area (Å²) in [5, 5.41) is 12.9. The third-order valence-electron chi connectivity index (χ3n) is 3.99. The van der Waals surface area contributed by atoms with E-state index in [1.54, 1.807) is 30.3 Å². The van der Waals surface area contributed by atoms with Gasteiger partial charge in [-0.15, -0.1) is 0 Å². The first-order valence-corrected chi connectivity index (χ1v) is 9.35. The number of fused-ring (bicyclic) bond motifs is 3. The summed E-state index contributed by atoms with van der Waals surface area (Å²) >= 11 is 42.9. The van der Waals surface area contributed by atoms with E-state index in [0.29, 0.717) is 16.7 Å². The Bertz CT molecular complexity index is 795. The second kappa shape index (κ2) is 6.25. The Kier molecular flexibility index (Phi) is 5.00. The standard InChI is InChI=1S/C16H8Cl7O/c17-14(18,15(19,20)16(21,22)23)11-7-3-6-9-8-4-1-2-5-10(8)13(24)12(9)11/h1-7,13H. The summed E-state index contributed by atoms with van der Waals surface area (Å²) in [5.74, 6) is 0. The smallest absolute Gasteiger partial charge is 0.223 e. The molecule has 0 aromatic heterocycles.